The lowest BCUT2D eigenvalue weighted by molar-refractivity contribution is 0.0973. The first-order chi connectivity index (χ1) is 16.1. The van der Waals surface area contributed by atoms with Crippen molar-refractivity contribution in [2.45, 2.75) is 13.5 Å². The van der Waals surface area contributed by atoms with Crippen LogP contribution < -0.4 is 16.0 Å². The Labute approximate surface area is 201 Å². The Balaban J connectivity index is 1.94. The lowest BCUT2D eigenvalue weighted by Gasteiger charge is -2.12. The molecule has 0 aliphatic heterocycles. The van der Waals surface area contributed by atoms with Gasteiger partial charge in [0.1, 0.15) is 5.69 Å². The van der Waals surface area contributed by atoms with Crippen LogP contribution in [0.1, 0.15) is 20.9 Å². The lowest BCUT2D eigenvalue weighted by Crippen LogP contribution is -2.37. The van der Waals surface area contributed by atoms with Crippen LogP contribution in [0.15, 0.2) is 56.1 Å². The van der Waals surface area contributed by atoms with E-state index >= 15 is 0 Å². The highest BCUT2D eigenvalue weighted by Gasteiger charge is 2.28. The van der Waals surface area contributed by atoms with E-state index in [4.69, 9.17) is 0 Å². The number of carbonyl (C=O) groups is 1. The van der Waals surface area contributed by atoms with Gasteiger partial charge in [-0.15, -0.1) is 22.7 Å². The van der Waals surface area contributed by atoms with Gasteiger partial charge in [0.2, 0.25) is 10.0 Å². The monoisotopic (exact) mass is 514 g/mol. The predicted octanol–water partition coefficient (Wildman–Crippen LogP) is 2.80. The summed E-state index contributed by atoms with van der Waals surface area (Å²) in [5, 5.41) is 5.95. The fraction of sp³-hybridized carbons (Fsp3) is 0.136. The van der Waals surface area contributed by atoms with Crippen LogP contribution in [0.3, 0.4) is 0 Å². The van der Waals surface area contributed by atoms with Crippen LogP contribution in [-0.2, 0) is 16.6 Å². The second-order valence-corrected chi connectivity index (χ2v) is 11.4. The minimum Gasteiger partial charge on any atom is -0.329 e. The Morgan fingerprint density at radius 2 is 1.94 bits per heavy atom. The third kappa shape index (κ3) is 3.79. The number of rotatable bonds is 5. The number of H-pyrrole nitrogens is 1. The normalized spacial score (nSPS) is 11.9. The van der Waals surface area contributed by atoms with Gasteiger partial charge in [-0.1, -0.05) is 17.7 Å². The maximum atomic E-state index is 13.4. The first kappa shape index (κ1) is 22.3. The number of nitrogens with one attached hydrogen (secondary N) is 2. The summed E-state index contributed by atoms with van der Waals surface area (Å²) >= 11 is 2.74. The zero-order valence-electron chi connectivity index (χ0n) is 18.0. The largest absolute Gasteiger partial charge is 0.333 e. The van der Waals surface area contributed by atoms with E-state index in [1.807, 2.05) is 35.2 Å². The standard InChI is InChI=1S/C22H18N4O5S3/c1-12-5-6-17-14(8-12)18(26-21(28)15-10-32-11-16(15)23-22(26)29)19(20(27)24-34(2,30)31)25(17)9-13-4-3-7-33-13/h3-8,10-11H,9H2,1-2H3,(H,23,29)(H,24,27). The van der Waals surface area contributed by atoms with Crippen LogP contribution in [0.4, 0.5) is 0 Å². The number of nitrogens with zero attached hydrogens (tertiary/aromatic N) is 2. The Morgan fingerprint density at radius 1 is 1.15 bits per heavy atom. The van der Waals surface area contributed by atoms with E-state index in [-0.39, 0.29) is 17.9 Å². The molecule has 4 heterocycles. The molecule has 0 saturated heterocycles. The number of aryl methyl sites for hydroxylation is 1. The summed E-state index contributed by atoms with van der Waals surface area (Å²) in [6.07, 6.45) is 0.872. The Kier molecular flexibility index (Phi) is 5.30. The average molecular weight is 515 g/mol. The third-order valence-corrected chi connectivity index (χ3v) is 7.50. The van der Waals surface area contributed by atoms with Crippen LogP contribution >= 0.6 is 22.7 Å². The average Bonchev–Trinajstić information content (AvgIpc) is 3.47. The fourth-order valence-corrected chi connectivity index (χ4v) is 5.87. The van der Waals surface area contributed by atoms with Crippen molar-refractivity contribution in [3.8, 4) is 5.69 Å². The highest BCUT2D eigenvalue weighted by molar-refractivity contribution is 7.89. The van der Waals surface area contributed by atoms with E-state index in [1.54, 1.807) is 27.5 Å². The smallest absolute Gasteiger partial charge is 0.329 e. The molecular weight excluding hydrogens is 496 g/mol. The number of carbonyl (C=O) groups excluding carboxylic acids is 1. The van der Waals surface area contributed by atoms with E-state index < -0.39 is 27.2 Å². The van der Waals surface area contributed by atoms with E-state index in [0.29, 0.717) is 21.8 Å². The molecule has 0 unspecified atom stereocenters. The quantitative estimate of drug-likeness (QED) is 0.373. The number of aromatic nitrogens is 3. The van der Waals surface area contributed by atoms with Gasteiger partial charge in [-0.2, -0.15) is 0 Å². The number of amides is 1. The summed E-state index contributed by atoms with van der Waals surface area (Å²) in [5.74, 6) is -0.931. The minimum absolute atomic E-state index is 0.0377. The van der Waals surface area contributed by atoms with Crippen molar-refractivity contribution in [2.75, 3.05) is 6.26 Å². The molecule has 0 aliphatic carbocycles. The predicted molar refractivity (Wildman–Crippen MR) is 134 cm³/mol. The number of hydrogen-bond donors (Lipinski definition) is 2. The van der Waals surface area contributed by atoms with Crippen LogP contribution in [0, 0.1) is 6.92 Å². The molecule has 5 aromatic rings. The molecule has 5 rings (SSSR count). The van der Waals surface area contributed by atoms with Crippen molar-refractivity contribution in [3.05, 3.63) is 83.4 Å². The molecule has 0 fully saturated rings. The van der Waals surface area contributed by atoms with Crippen molar-refractivity contribution in [2.24, 2.45) is 0 Å². The third-order valence-electron chi connectivity index (χ3n) is 5.34. The van der Waals surface area contributed by atoms with Gasteiger partial charge < -0.3 is 9.55 Å². The number of benzene rings is 1. The van der Waals surface area contributed by atoms with Crippen LogP contribution in [0.5, 0.6) is 0 Å². The Morgan fingerprint density at radius 3 is 2.65 bits per heavy atom. The summed E-state index contributed by atoms with van der Waals surface area (Å²) in [4.78, 5) is 43.5. The van der Waals surface area contributed by atoms with Crippen molar-refractivity contribution < 1.29 is 13.2 Å². The van der Waals surface area contributed by atoms with Gasteiger partial charge in [0, 0.05) is 21.0 Å². The zero-order valence-corrected chi connectivity index (χ0v) is 20.4. The molecular formula is C22H18N4O5S3. The van der Waals surface area contributed by atoms with Gasteiger partial charge in [-0.05, 0) is 30.5 Å². The second-order valence-electron chi connectivity index (χ2n) is 7.86. The molecule has 0 atom stereocenters. The van der Waals surface area contributed by atoms with E-state index in [1.165, 1.54) is 22.7 Å². The summed E-state index contributed by atoms with van der Waals surface area (Å²) in [5.41, 5.74) is 0.461. The first-order valence-corrected chi connectivity index (χ1v) is 13.7. The van der Waals surface area contributed by atoms with E-state index in [9.17, 15) is 22.8 Å². The summed E-state index contributed by atoms with van der Waals surface area (Å²) in [6.45, 7) is 2.10. The summed E-state index contributed by atoms with van der Waals surface area (Å²) < 4.78 is 28.5. The highest BCUT2D eigenvalue weighted by Crippen LogP contribution is 2.31. The Hall–Kier alpha value is -3.48. The second kappa shape index (κ2) is 8.08. The molecule has 9 nitrogen and oxygen atoms in total. The van der Waals surface area contributed by atoms with Gasteiger partial charge in [-0.25, -0.2) is 22.5 Å². The molecule has 34 heavy (non-hydrogen) atoms. The van der Waals surface area contributed by atoms with Gasteiger partial charge in [0.05, 0.1) is 34.9 Å². The molecule has 0 aliphatic rings. The molecule has 0 spiro atoms. The topological polar surface area (TPSA) is 123 Å². The molecule has 12 heteroatoms. The maximum Gasteiger partial charge on any atom is 0.333 e. The van der Waals surface area contributed by atoms with Crippen molar-refractivity contribution >= 4 is 60.4 Å². The molecule has 0 bridgehead atoms. The van der Waals surface area contributed by atoms with Crippen molar-refractivity contribution in [1.82, 2.24) is 18.8 Å². The van der Waals surface area contributed by atoms with Crippen molar-refractivity contribution in [1.29, 1.82) is 0 Å². The zero-order chi connectivity index (χ0) is 24.2. The highest BCUT2D eigenvalue weighted by atomic mass is 32.2. The molecule has 1 amide bonds. The molecule has 4 aromatic heterocycles. The number of thiophene rings is 2. The van der Waals surface area contributed by atoms with Crippen LogP contribution in [0.2, 0.25) is 0 Å². The lowest BCUT2D eigenvalue weighted by atomic mass is 10.1. The van der Waals surface area contributed by atoms with Gasteiger partial charge in [-0.3, -0.25) is 9.59 Å². The SMILES string of the molecule is Cc1ccc2c(c1)c(-n1c(=O)[nH]c3cscc3c1=O)c(C(=O)NS(C)(=O)=O)n2Cc1cccs1. The van der Waals surface area contributed by atoms with Crippen LogP contribution in [-0.4, -0.2) is 34.7 Å². The van der Waals surface area contributed by atoms with Gasteiger partial charge in [0.25, 0.3) is 11.5 Å². The van der Waals surface area contributed by atoms with Crippen LogP contribution in [0.25, 0.3) is 27.5 Å². The summed E-state index contributed by atoms with van der Waals surface area (Å²) in [7, 11) is -3.92. The molecule has 0 saturated carbocycles. The van der Waals surface area contributed by atoms with E-state index in [0.717, 1.165) is 21.3 Å². The minimum atomic E-state index is -3.92. The number of aromatic amines is 1. The molecule has 174 valence electrons. The Bertz CT molecular complexity index is 1800. The maximum absolute atomic E-state index is 13.4. The van der Waals surface area contributed by atoms with Gasteiger partial charge in [0.15, 0.2) is 0 Å². The number of sulfonamides is 1. The number of hydrogen-bond acceptors (Lipinski definition) is 7. The van der Waals surface area contributed by atoms with Crippen molar-refractivity contribution in [3.63, 3.8) is 0 Å². The first-order valence-electron chi connectivity index (χ1n) is 10.0. The molecule has 1 aromatic carbocycles. The summed E-state index contributed by atoms with van der Waals surface area (Å²) in [6, 6.07) is 9.17. The van der Waals surface area contributed by atoms with Gasteiger partial charge >= 0.3 is 5.69 Å². The van der Waals surface area contributed by atoms with E-state index in [2.05, 4.69) is 4.98 Å². The molecule has 0 radical (unpaired) electrons. The molecule has 2 N–H and O–H groups in total. The number of fused-ring (bicyclic) bond motifs is 2. The fourth-order valence-electron chi connectivity index (χ4n) is 3.99.